The van der Waals surface area contributed by atoms with Gasteiger partial charge in [0.05, 0.1) is 13.2 Å². The highest BCUT2D eigenvalue weighted by Gasteiger charge is 1.97. The van der Waals surface area contributed by atoms with E-state index >= 15 is 0 Å². The van der Waals surface area contributed by atoms with Gasteiger partial charge in [-0.2, -0.15) is 0 Å². The summed E-state index contributed by atoms with van der Waals surface area (Å²) in [5.74, 6) is 0.675. The lowest BCUT2D eigenvalue weighted by molar-refractivity contribution is 0.0340. The summed E-state index contributed by atoms with van der Waals surface area (Å²) in [6, 6.07) is 0. The maximum Gasteiger partial charge on any atom is 0.0700 e. The molecule has 104 valence electrons. The first kappa shape index (κ1) is 16.9. The molecule has 0 N–H and O–H groups in total. The highest BCUT2D eigenvalue weighted by molar-refractivity contribution is 4.46. The molecule has 2 nitrogen and oxygen atoms in total. The van der Waals surface area contributed by atoms with Gasteiger partial charge in [-0.1, -0.05) is 59.3 Å². The van der Waals surface area contributed by atoms with Crippen molar-refractivity contribution in [2.45, 2.75) is 65.7 Å². The van der Waals surface area contributed by atoms with Crippen molar-refractivity contribution in [3.8, 4) is 0 Å². The van der Waals surface area contributed by atoms with Crippen LogP contribution in [0.2, 0.25) is 0 Å². The molecule has 2 heteroatoms. The van der Waals surface area contributed by atoms with Crippen LogP contribution in [0.3, 0.4) is 0 Å². The molecule has 1 atom stereocenters. The van der Waals surface area contributed by atoms with Crippen LogP contribution in [0.25, 0.3) is 0 Å². The third-order valence-corrected chi connectivity index (χ3v) is 3.11. The molecular formula is C15H32O2. The predicted octanol–water partition coefficient (Wildman–Crippen LogP) is 4.43. The van der Waals surface area contributed by atoms with E-state index in [4.69, 9.17) is 9.47 Å². The highest BCUT2D eigenvalue weighted by atomic mass is 16.5. The van der Waals surface area contributed by atoms with Crippen LogP contribution in [0.1, 0.15) is 65.7 Å². The Labute approximate surface area is 108 Å². The van der Waals surface area contributed by atoms with E-state index in [2.05, 4.69) is 20.8 Å². The summed E-state index contributed by atoms with van der Waals surface area (Å²) < 4.78 is 11.1. The molecule has 0 aliphatic rings. The maximum absolute atomic E-state index is 5.53. The first-order valence-electron chi connectivity index (χ1n) is 7.46. The van der Waals surface area contributed by atoms with Gasteiger partial charge in [0.2, 0.25) is 0 Å². The van der Waals surface area contributed by atoms with Crippen molar-refractivity contribution in [2.75, 3.05) is 26.4 Å². The zero-order valence-electron chi connectivity index (χ0n) is 12.2. The normalized spacial score (nSPS) is 12.9. The minimum atomic E-state index is 0.675. The van der Waals surface area contributed by atoms with E-state index < -0.39 is 0 Å². The molecule has 0 aliphatic heterocycles. The van der Waals surface area contributed by atoms with E-state index in [1.54, 1.807) is 0 Å². The second-order valence-electron chi connectivity index (χ2n) is 4.97. The molecule has 0 aromatic carbocycles. The van der Waals surface area contributed by atoms with Gasteiger partial charge in [0.1, 0.15) is 0 Å². The summed E-state index contributed by atoms with van der Waals surface area (Å²) in [5.41, 5.74) is 0. The van der Waals surface area contributed by atoms with Gasteiger partial charge in [-0.05, 0) is 12.3 Å². The van der Waals surface area contributed by atoms with Crippen molar-refractivity contribution in [3.63, 3.8) is 0 Å². The minimum Gasteiger partial charge on any atom is -0.379 e. The second kappa shape index (κ2) is 14.0. The molecule has 0 saturated heterocycles. The highest BCUT2D eigenvalue weighted by Crippen LogP contribution is 2.05. The topological polar surface area (TPSA) is 18.5 Å². The number of rotatable bonds is 13. The fourth-order valence-electron chi connectivity index (χ4n) is 1.61. The molecular weight excluding hydrogens is 212 g/mol. The van der Waals surface area contributed by atoms with Crippen LogP contribution in [-0.4, -0.2) is 26.4 Å². The van der Waals surface area contributed by atoms with Crippen LogP contribution in [0.4, 0.5) is 0 Å². The fraction of sp³-hybridized carbons (Fsp3) is 1.00. The van der Waals surface area contributed by atoms with Gasteiger partial charge in [-0.3, -0.25) is 0 Å². The molecule has 0 aliphatic carbocycles. The Kier molecular flexibility index (Phi) is 13.9. The zero-order valence-corrected chi connectivity index (χ0v) is 12.2. The Morgan fingerprint density at radius 3 is 2.12 bits per heavy atom. The van der Waals surface area contributed by atoms with E-state index in [0.29, 0.717) is 5.92 Å². The lowest BCUT2D eigenvalue weighted by Crippen LogP contribution is -2.10. The molecule has 0 fully saturated rings. The molecule has 17 heavy (non-hydrogen) atoms. The molecule has 0 amide bonds. The van der Waals surface area contributed by atoms with Gasteiger partial charge in [0.25, 0.3) is 0 Å². The molecule has 0 saturated carbocycles. The Hall–Kier alpha value is -0.0800. The molecule has 0 radical (unpaired) electrons. The summed E-state index contributed by atoms with van der Waals surface area (Å²) in [4.78, 5) is 0. The number of unbranched alkanes of at least 4 members (excludes halogenated alkanes) is 5. The van der Waals surface area contributed by atoms with E-state index in [1.165, 1.54) is 44.9 Å². The Morgan fingerprint density at radius 2 is 1.41 bits per heavy atom. The molecule has 0 rings (SSSR count). The summed E-state index contributed by atoms with van der Waals surface area (Å²) >= 11 is 0. The molecule has 0 spiro atoms. The predicted molar refractivity (Wildman–Crippen MR) is 74.5 cm³/mol. The van der Waals surface area contributed by atoms with Crippen molar-refractivity contribution in [3.05, 3.63) is 0 Å². The zero-order chi connectivity index (χ0) is 12.8. The smallest absolute Gasteiger partial charge is 0.0700 e. The maximum atomic E-state index is 5.53. The van der Waals surface area contributed by atoms with Crippen LogP contribution in [0, 0.1) is 5.92 Å². The second-order valence-corrected chi connectivity index (χ2v) is 4.97. The van der Waals surface area contributed by atoms with Crippen molar-refractivity contribution in [1.82, 2.24) is 0 Å². The summed E-state index contributed by atoms with van der Waals surface area (Å²) in [6.45, 7) is 9.95. The van der Waals surface area contributed by atoms with Gasteiger partial charge in [-0.15, -0.1) is 0 Å². The quantitative estimate of drug-likeness (QED) is 0.446. The van der Waals surface area contributed by atoms with Crippen LogP contribution >= 0.6 is 0 Å². The largest absolute Gasteiger partial charge is 0.379 e. The summed E-state index contributed by atoms with van der Waals surface area (Å²) in [6.07, 6.45) is 9.16. The van der Waals surface area contributed by atoms with Crippen molar-refractivity contribution >= 4 is 0 Å². The summed E-state index contributed by atoms with van der Waals surface area (Å²) in [5, 5.41) is 0. The Morgan fingerprint density at radius 1 is 0.765 bits per heavy atom. The van der Waals surface area contributed by atoms with Crippen LogP contribution in [0.15, 0.2) is 0 Å². The molecule has 1 unspecified atom stereocenters. The molecule has 0 aromatic heterocycles. The van der Waals surface area contributed by atoms with Crippen molar-refractivity contribution < 1.29 is 9.47 Å². The SMILES string of the molecule is CCCCCCCCOCCOCC(C)CC. The van der Waals surface area contributed by atoms with E-state index in [1.807, 2.05) is 0 Å². The van der Waals surface area contributed by atoms with Crippen LogP contribution in [-0.2, 0) is 9.47 Å². The number of hydrogen-bond donors (Lipinski definition) is 0. The minimum absolute atomic E-state index is 0.675. The Balaban J connectivity index is 2.94. The van der Waals surface area contributed by atoms with Crippen LogP contribution < -0.4 is 0 Å². The van der Waals surface area contributed by atoms with Gasteiger partial charge in [0.15, 0.2) is 0 Å². The van der Waals surface area contributed by atoms with Gasteiger partial charge in [0, 0.05) is 13.2 Å². The van der Waals surface area contributed by atoms with Crippen molar-refractivity contribution in [2.24, 2.45) is 5.92 Å². The molecule has 0 bridgehead atoms. The lowest BCUT2D eigenvalue weighted by atomic mass is 10.1. The summed E-state index contributed by atoms with van der Waals surface area (Å²) in [7, 11) is 0. The van der Waals surface area contributed by atoms with E-state index in [0.717, 1.165) is 26.4 Å². The van der Waals surface area contributed by atoms with E-state index in [9.17, 15) is 0 Å². The first-order valence-corrected chi connectivity index (χ1v) is 7.46. The van der Waals surface area contributed by atoms with Gasteiger partial charge >= 0.3 is 0 Å². The van der Waals surface area contributed by atoms with E-state index in [-0.39, 0.29) is 0 Å². The standard InChI is InChI=1S/C15H32O2/c1-4-6-7-8-9-10-11-16-12-13-17-14-15(3)5-2/h15H,4-14H2,1-3H3. The van der Waals surface area contributed by atoms with Crippen molar-refractivity contribution in [1.29, 1.82) is 0 Å². The third kappa shape index (κ3) is 13.9. The average Bonchev–Trinajstić information content (AvgIpc) is 2.35. The lowest BCUT2D eigenvalue weighted by Gasteiger charge is -2.09. The van der Waals surface area contributed by atoms with Crippen LogP contribution in [0.5, 0.6) is 0 Å². The average molecular weight is 244 g/mol. The molecule has 0 aromatic rings. The third-order valence-electron chi connectivity index (χ3n) is 3.11. The van der Waals surface area contributed by atoms with Gasteiger partial charge in [-0.25, -0.2) is 0 Å². The first-order chi connectivity index (χ1) is 8.31. The number of ether oxygens (including phenoxy) is 2. The monoisotopic (exact) mass is 244 g/mol. The van der Waals surface area contributed by atoms with Gasteiger partial charge < -0.3 is 9.47 Å². The fourth-order valence-corrected chi connectivity index (χ4v) is 1.61. The Bertz CT molecular complexity index is 137. The molecule has 0 heterocycles. The number of hydrogen-bond acceptors (Lipinski definition) is 2.